The molecule has 2 aromatic rings. The lowest BCUT2D eigenvalue weighted by Gasteiger charge is -2.21. The van der Waals surface area contributed by atoms with Crippen molar-refractivity contribution >= 4 is 38.9 Å². The van der Waals surface area contributed by atoms with Crippen LogP contribution in [-0.2, 0) is 4.74 Å². The van der Waals surface area contributed by atoms with Crippen molar-refractivity contribution in [3.8, 4) is 0 Å². The number of ether oxygens (including phenoxy) is 1. The molecule has 1 heterocycles. The van der Waals surface area contributed by atoms with E-state index in [-0.39, 0.29) is 4.74 Å². The van der Waals surface area contributed by atoms with Crippen molar-refractivity contribution < 1.29 is 4.74 Å². The lowest BCUT2D eigenvalue weighted by molar-refractivity contribution is 0.192. The number of hydrogen-bond donors (Lipinski definition) is 0. The van der Waals surface area contributed by atoms with E-state index in [4.69, 9.17) is 4.74 Å². The summed E-state index contributed by atoms with van der Waals surface area (Å²) >= 11 is 3.04. The van der Waals surface area contributed by atoms with Gasteiger partial charge in [-0.05, 0) is 31.2 Å². The Bertz CT molecular complexity index is 684. The van der Waals surface area contributed by atoms with Gasteiger partial charge in [0.15, 0.2) is 0 Å². The van der Waals surface area contributed by atoms with Gasteiger partial charge < -0.3 is 9.64 Å². The summed E-state index contributed by atoms with van der Waals surface area (Å²) in [5.41, 5.74) is 1.05. The molecule has 2 rings (SSSR count). The topological polar surface area (TPSA) is 29.5 Å². The molecule has 0 amide bonds. The zero-order chi connectivity index (χ0) is 16.7. The van der Waals surface area contributed by atoms with Crippen LogP contribution in [0, 0.1) is 0 Å². The second kappa shape index (κ2) is 9.30. The monoisotopic (exact) mass is 351 g/mol. The third-order valence-corrected chi connectivity index (χ3v) is 5.54. The van der Waals surface area contributed by atoms with Gasteiger partial charge in [-0.3, -0.25) is 4.79 Å². The molecule has 0 N–H and O–H groups in total. The van der Waals surface area contributed by atoms with Crippen molar-refractivity contribution in [2.45, 2.75) is 30.6 Å². The van der Waals surface area contributed by atoms with Crippen LogP contribution in [0.3, 0.4) is 0 Å². The quantitative estimate of drug-likeness (QED) is 0.487. The molecule has 0 aliphatic rings. The maximum Gasteiger partial charge on any atom is 0.234 e. The molecule has 126 valence electrons. The van der Waals surface area contributed by atoms with Gasteiger partial charge in [0.2, 0.25) is 4.74 Å². The SMILES string of the molecule is COCCCCCCN(C)c1cc(=O)sc2cc(SC)ccc12. The normalized spacial score (nSPS) is 11.1. The highest BCUT2D eigenvalue weighted by atomic mass is 32.2. The molecule has 23 heavy (non-hydrogen) atoms. The zero-order valence-corrected chi connectivity index (χ0v) is 15.8. The fourth-order valence-corrected chi connectivity index (χ4v) is 4.01. The van der Waals surface area contributed by atoms with Crippen LogP contribution in [0.4, 0.5) is 5.69 Å². The average molecular weight is 352 g/mol. The van der Waals surface area contributed by atoms with Gasteiger partial charge in [0.05, 0.1) is 0 Å². The van der Waals surface area contributed by atoms with Gasteiger partial charge in [0, 0.05) is 54.0 Å². The molecular weight excluding hydrogens is 326 g/mol. The van der Waals surface area contributed by atoms with E-state index in [0.29, 0.717) is 0 Å². The molecular formula is C18H25NO2S2. The highest BCUT2D eigenvalue weighted by molar-refractivity contribution is 7.98. The first-order chi connectivity index (χ1) is 11.2. The first kappa shape index (κ1) is 18.3. The van der Waals surface area contributed by atoms with Crippen LogP contribution in [0.25, 0.3) is 10.1 Å². The number of thioether (sulfide) groups is 1. The Kier molecular flexibility index (Phi) is 7.40. The highest BCUT2D eigenvalue weighted by Crippen LogP contribution is 2.30. The zero-order valence-electron chi connectivity index (χ0n) is 14.1. The molecule has 5 heteroatoms. The van der Waals surface area contributed by atoms with Gasteiger partial charge in [-0.25, -0.2) is 0 Å². The van der Waals surface area contributed by atoms with Crippen LogP contribution in [0.15, 0.2) is 34.0 Å². The highest BCUT2D eigenvalue weighted by Gasteiger charge is 2.09. The number of fused-ring (bicyclic) bond motifs is 1. The minimum Gasteiger partial charge on any atom is -0.385 e. The van der Waals surface area contributed by atoms with E-state index in [9.17, 15) is 4.79 Å². The summed E-state index contributed by atoms with van der Waals surface area (Å²) in [7, 11) is 3.83. The molecule has 3 nitrogen and oxygen atoms in total. The summed E-state index contributed by atoms with van der Waals surface area (Å²) in [6, 6.07) is 8.17. The Morgan fingerprint density at radius 3 is 2.70 bits per heavy atom. The van der Waals surface area contributed by atoms with Gasteiger partial charge in [0.25, 0.3) is 0 Å². The summed E-state index contributed by atoms with van der Waals surface area (Å²) in [5.74, 6) is 0. The summed E-state index contributed by atoms with van der Waals surface area (Å²) in [4.78, 5) is 15.4. The predicted molar refractivity (Wildman–Crippen MR) is 103 cm³/mol. The van der Waals surface area contributed by atoms with E-state index in [0.717, 1.165) is 36.4 Å². The number of rotatable bonds is 9. The molecule has 0 fully saturated rings. The Hall–Kier alpha value is -1.04. The molecule has 0 aliphatic heterocycles. The fraction of sp³-hybridized carbons (Fsp3) is 0.500. The summed E-state index contributed by atoms with van der Waals surface area (Å²) < 4.78 is 6.27. The van der Waals surface area contributed by atoms with Crippen molar-refractivity contribution in [2.24, 2.45) is 0 Å². The molecule has 0 saturated heterocycles. The van der Waals surface area contributed by atoms with Crippen molar-refractivity contribution in [3.63, 3.8) is 0 Å². The van der Waals surface area contributed by atoms with E-state index in [1.165, 1.54) is 34.5 Å². The molecule has 1 aromatic carbocycles. The third-order valence-electron chi connectivity index (χ3n) is 3.93. The van der Waals surface area contributed by atoms with Gasteiger partial charge in [-0.15, -0.1) is 11.8 Å². The van der Waals surface area contributed by atoms with Crippen LogP contribution in [-0.4, -0.2) is 33.6 Å². The first-order valence-electron chi connectivity index (χ1n) is 7.97. The standard InChI is InChI=1S/C18H25NO2S2/c1-19(10-6-4-5-7-11-21-2)16-13-18(20)23-17-12-14(22-3)8-9-15(16)17/h8-9,12-13H,4-7,10-11H2,1-3H3. The number of methoxy groups -OCH3 is 1. The number of nitrogens with zero attached hydrogens (tertiary/aromatic N) is 1. The van der Waals surface area contributed by atoms with Crippen molar-refractivity contribution in [1.82, 2.24) is 0 Å². The molecule has 0 aliphatic carbocycles. The van der Waals surface area contributed by atoms with Gasteiger partial charge in [0.1, 0.15) is 0 Å². The number of hydrogen-bond acceptors (Lipinski definition) is 5. The van der Waals surface area contributed by atoms with E-state index in [1.54, 1.807) is 24.9 Å². The van der Waals surface area contributed by atoms with Crippen molar-refractivity contribution in [1.29, 1.82) is 0 Å². The fourth-order valence-electron chi connectivity index (χ4n) is 2.64. The minimum absolute atomic E-state index is 0.123. The first-order valence-corrected chi connectivity index (χ1v) is 10.0. The van der Waals surface area contributed by atoms with Crippen molar-refractivity contribution in [3.05, 3.63) is 33.8 Å². The minimum atomic E-state index is 0.123. The molecule has 0 bridgehead atoms. The number of benzene rings is 1. The molecule has 0 atom stereocenters. The number of anilines is 1. The Morgan fingerprint density at radius 2 is 1.96 bits per heavy atom. The van der Waals surface area contributed by atoms with Gasteiger partial charge >= 0.3 is 0 Å². The Balaban J connectivity index is 2.07. The Labute approximate surface area is 146 Å². The molecule has 1 aromatic heterocycles. The van der Waals surface area contributed by atoms with Gasteiger partial charge in [-0.2, -0.15) is 0 Å². The third kappa shape index (κ3) is 5.23. The number of unbranched alkanes of at least 4 members (excludes halogenated alkanes) is 3. The van der Waals surface area contributed by atoms with Crippen LogP contribution >= 0.6 is 23.1 Å². The molecule has 0 saturated carbocycles. The molecule has 0 unspecified atom stereocenters. The van der Waals surface area contributed by atoms with Crippen LogP contribution in [0.2, 0.25) is 0 Å². The lowest BCUT2D eigenvalue weighted by atomic mass is 10.1. The van der Waals surface area contributed by atoms with Crippen LogP contribution in [0.1, 0.15) is 25.7 Å². The van der Waals surface area contributed by atoms with Crippen molar-refractivity contribution in [2.75, 3.05) is 38.5 Å². The van der Waals surface area contributed by atoms with Crippen LogP contribution in [0.5, 0.6) is 0 Å². The van der Waals surface area contributed by atoms with E-state index in [2.05, 4.69) is 36.4 Å². The average Bonchev–Trinajstić information content (AvgIpc) is 2.56. The Morgan fingerprint density at radius 1 is 1.17 bits per heavy atom. The maximum absolute atomic E-state index is 12.0. The lowest BCUT2D eigenvalue weighted by Crippen LogP contribution is -2.19. The van der Waals surface area contributed by atoms with E-state index in [1.807, 2.05) is 0 Å². The maximum atomic E-state index is 12.0. The second-order valence-corrected chi connectivity index (χ2v) is 7.57. The van der Waals surface area contributed by atoms with Crippen LogP contribution < -0.4 is 9.64 Å². The summed E-state index contributed by atoms with van der Waals surface area (Å²) in [6.45, 7) is 1.82. The van der Waals surface area contributed by atoms with Gasteiger partial charge in [-0.1, -0.05) is 30.2 Å². The van der Waals surface area contributed by atoms with E-state index < -0.39 is 0 Å². The molecule has 0 spiro atoms. The summed E-state index contributed by atoms with van der Waals surface area (Å²) in [6.07, 6.45) is 6.71. The predicted octanol–water partition coefficient (Wildman–Crippen LogP) is 4.63. The second-order valence-electron chi connectivity index (χ2n) is 5.64. The largest absolute Gasteiger partial charge is 0.385 e. The summed E-state index contributed by atoms with van der Waals surface area (Å²) in [5, 5.41) is 1.18. The van der Waals surface area contributed by atoms with E-state index >= 15 is 0 Å². The molecule has 0 radical (unpaired) electrons. The smallest absolute Gasteiger partial charge is 0.234 e.